The van der Waals surface area contributed by atoms with Crippen molar-refractivity contribution < 1.29 is 14.3 Å². The third-order valence-electron chi connectivity index (χ3n) is 3.01. The Kier molecular flexibility index (Phi) is 8.46. The molecule has 0 bridgehead atoms. The molecule has 18 heavy (non-hydrogen) atoms. The second-order valence-corrected chi connectivity index (χ2v) is 5.86. The molecular formula is C13H25NO3S. The van der Waals surface area contributed by atoms with Crippen LogP contribution in [0.4, 0.5) is 0 Å². The molecule has 0 spiro atoms. The predicted molar refractivity (Wildman–Crippen MR) is 75.0 cm³/mol. The minimum Gasteiger partial charge on any atom is -0.464 e. The molecule has 1 saturated carbocycles. The van der Waals surface area contributed by atoms with Gasteiger partial charge in [0.05, 0.1) is 13.2 Å². The quantitative estimate of drug-likeness (QED) is 0.514. The highest BCUT2D eigenvalue weighted by Crippen LogP contribution is 2.29. The van der Waals surface area contributed by atoms with E-state index in [0.717, 1.165) is 11.8 Å². The molecule has 0 heterocycles. The van der Waals surface area contributed by atoms with Gasteiger partial charge in [0.2, 0.25) is 0 Å². The Morgan fingerprint density at radius 1 is 1.39 bits per heavy atom. The zero-order chi connectivity index (χ0) is 13.2. The van der Waals surface area contributed by atoms with Crippen molar-refractivity contribution in [1.82, 2.24) is 5.32 Å². The van der Waals surface area contributed by atoms with E-state index in [9.17, 15) is 4.79 Å². The highest BCUT2D eigenvalue weighted by molar-refractivity contribution is 7.99. The maximum Gasteiger partial charge on any atom is 0.332 e. The number of rotatable bonds is 9. The molecule has 0 aromatic rings. The van der Waals surface area contributed by atoms with Gasteiger partial charge in [0, 0.05) is 17.8 Å². The van der Waals surface area contributed by atoms with Crippen LogP contribution in [0.5, 0.6) is 0 Å². The number of esters is 1. The van der Waals surface area contributed by atoms with Crippen LogP contribution < -0.4 is 5.32 Å². The van der Waals surface area contributed by atoms with E-state index in [-0.39, 0.29) is 12.6 Å². The minimum atomic E-state index is -0.280. The van der Waals surface area contributed by atoms with Crippen LogP contribution in [0.1, 0.15) is 33.1 Å². The number of carbonyl (C=O) groups is 1. The van der Waals surface area contributed by atoms with Crippen LogP contribution >= 0.6 is 11.8 Å². The average Bonchev–Trinajstić information content (AvgIpc) is 2.77. The van der Waals surface area contributed by atoms with Gasteiger partial charge in [-0.25, -0.2) is 4.79 Å². The lowest BCUT2D eigenvalue weighted by atomic mass is 10.2. The largest absolute Gasteiger partial charge is 0.464 e. The molecule has 0 aromatic carbocycles. The summed E-state index contributed by atoms with van der Waals surface area (Å²) in [5.41, 5.74) is 0. The summed E-state index contributed by atoms with van der Waals surface area (Å²) in [5.74, 6) is 0.903. The van der Waals surface area contributed by atoms with Gasteiger partial charge in [-0.05, 0) is 25.5 Å². The van der Waals surface area contributed by atoms with Crippen LogP contribution in [0.3, 0.4) is 0 Å². The highest BCUT2D eigenvalue weighted by atomic mass is 32.2. The summed E-state index contributed by atoms with van der Waals surface area (Å²) in [4.78, 5) is 11.0. The van der Waals surface area contributed by atoms with Gasteiger partial charge in [0.15, 0.2) is 0 Å². The third kappa shape index (κ3) is 6.07. The van der Waals surface area contributed by atoms with E-state index >= 15 is 0 Å². The fraction of sp³-hybridized carbons (Fsp3) is 0.923. The number of thioether (sulfide) groups is 1. The molecule has 5 heteroatoms. The van der Waals surface area contributed by atoms with Crippen molar-refractivity contribution in [2.45, 2.75) is 44.4 Å². The van der Waals surface area contributed by atoms with Gasteiger partial charge >= 0.3 is 5.97 Å². The second-order valence-electron chi connectivity index (χ2n) is 4.34. The Hall–Kier alpha value is -0.260. The Bertz CT molecular complexity index is 238. The zero-order valence-corrected chi connectivity index (χ0v) is 12.3. The van der Waals surface area contributed by atoms with Crippen molar-refractivity contribution in [1.29, 1.82) is 0 Å². The Morgan fingerprint density at radius 3 is 2.94 bits per heavy atom. The van der Waals surface area contributed by atoms with Gasteiger partial charge in [0.25, 0.3) is 0 Å². The Labute approximate surface area is 114 Å². The Balaban J connectivity index is 2.01. The fourth-order valence-corrected chi connectivity index (χ4v) is 3.47. The van der Waals surface area contributed by atoms with Gasteiger partial charge in [-0.15, -0.1) is 0 Å². The smallest absolute Gasteiger partial charge is 0.332 e. The van der Waals surface area contributed by atoms with Gasteiger partial charge < -0.3 is 14.8 Å². The van der Waals surface area contributed by atoms with Crippen LogP contribution in [-0.2, 0) is 14.3 Å². The van der Waals surface area contributed by atoms with Crippen LogP contribution in [0, 0.1) is 0 Å². The molecule has 1 rings (SSSR count). The second kappa shape index (κ2) is 9.64. The van der Waals surface area contributed by atoms with Gasteiger partial charge in [-0.2, -0.15) is 11.8 Å². The van der Waals surface area contributed by atoms with E-state index in [1.807, 2.05) is 11.8 Å². The highest BCUT2D eigenvalue weighted by Gasteiger charge is 2.26. The first-order valence-corrected chi connectivity index (χ1v) is 7.91. The molecule has 1 aliphatic carbocycles. The first kappa shape index (κ1) is 15.8. The maximum absolute atomic E-state index is 11.0. The van der Waals surface area contributed by atoms with Crippen molar-refractivity contribution in [2.24, 2.45) is 0 Å². The van der Waals surface area contributed by atoms with Crippen molar-refractivity contribution in [3.8, 4) is 0 Å². The number of carbonyl (C=O) groups excluding carboxylic acids is 1. The summed E-state index contributed by atoms with van der Waals surface area (Å²) < 4.78 is 10.0. The predicted octanol–water partition coefficient (Wildman–Crippen LogP) is 1.83. The molecule has 2 unspecified atom stereocenters. The molecule has 1 aliphatic rings. The van der Waals surface area contributed by atoms with E-state index in [0.29, 0.717) is 19.3 Å². The van der Waals surface area contributed by atoms with E-state index in [2.05, 4.69) is 12.2 Å². The first-order valence-electron chi connectivity index (χ1n) is 6.86. The lowest BCUT2D eigenvalue weighted by Crippen LogP contribution is -2.36. The van der Waals surface area contributed by atoms with Crippen molar-refractivity contribution >= 4 is 17.7 Å². The molecule has 1 N–H and O–H groups in total. The molecule has 0 aromatic heterocycles. The van der Waals surface area contributed by atoms with Crippen LogP contribution in [0.25, 0.3) is 0 Å². The standard InChI is InChI=1S/C13H25NO3S/c1-3-17-13(15)10-16-9-8-14-11-6-5-7-12(11)18-4-2/h11-12,14H,3-10H2,1-2H3. The SMILES string of the molecule is CCOC(=O)COCCNC1CCCC1SCC. The van der Waals surface area contributed by atoms with E-state index in [1.54, 1.807) is 6.92 Å². The van der Waals surface area contributed by atoms with Crippen LogP contribution in [-0.4, -0.2) is 49.4 Å². The molecule has 4 nitrogen and oxygen atoms in total. The zero-order valence-electron chi connectivity index (χ0n) is 11.4. The van der Waals surface area contributed by atoms with Crippen LogP contribution in [0.2, 0.25) is 0 Å². The number of hydrogen-bond acceptors (Lipinski definition) is 5. The average molecular weight is 275 g/mol. The van der Waals surface area contributed by atoms with Crippen molar-refractivity contribution in [3.63, 3.8) is 0 Å². The third-order valence-corrected chi connectivity index (χ3v) is 4.34. The Morgan fingerprint density at radius 2 is 2.22 bits per heavy atom. The summed E-state index contributed by atoms with van der Waals surface area (Å²) in [6.07, 6.45) is 3.90. The summed E-state index contributed by atoms with van der Waals surface area (Å²) in [6, 6.07) is 0.612. The summed E-state index contributed by atoms with van der Waals surface area (Å²) in [7, 11) is 0. The van der Waals surface area contributed by atoms with Gasteiger partial charge in [-0.1, -0.05) is 13.3 Å². The minimum absolute atomic E-state index is 0.0628. The fourth-order valence-electron chi connectivity index (χ4n) is 2.25. The van der Waals surface area contributed by atoms with E-state index in [1.165, 1.54) is 25.0 Å². The monoisotopic (exact) mass is 275 g/mol. The summed E-state index contributed by atoms with van der Waals surface area (Å²) >= 11 is 2.04. The van der Waals surface area contributed by atoms with Crippen LogP contribution in [0.15, 0.2) is 0 Å². The van der Waals surface area contributed by atoms with E-state index in [4.69, 9.17) is 9.47 Å². The van der Waals surface area contributed by atoms with E-state index < -0.39 is 0 Å². The number of ether oxygens (including phenoxy) is 2. The van der Waals surface area contributed by atoms with Gasteiger partial charge in [-0.3, -0.25) is 0 Å². The normalized spacial score (nSPS) is 23.2. The summed E-state index contributed by atoms with van der Waals surface area (Å²) in [6.45, 7) is 5.86. The van der Waals surface area contributed by atoms with Crippen molar-refractivity contribution in [2.75, 3.05) is 32.1 Å². The first-order chi connectivity index (χ1) is 8.77. The lowest BCUT2D eigenvalue weighted by Gasteiger charge is -2.20. The molecule has 0 radical (unpaired) electrons. The maximum atomic E-state index is 11.0. The molecule has 0 amide bonds. The molecular weight excluding hydrogens is 250 g/mol. The number of nitrogens with one attached hydrogen (secondary N) is 1. The molecule has 1 fully saturated rings. The molecule has 0 aliphatic heterocycles. The van der Waals surface area contributed by atoms with Crippen molar-refractivity contribution in [3.05, 3.63) is 0 Å². The molecule has 106 valence electrons. The molecule has 2 atom stereocenters. The lowest BCUT2D eigenvalue weighted by molar-refractivity contribution is -0.148. The molecule has 0 saturated heterocycles. The number of hydrogen-bond donors (Lipinski definition) is 1. The van der Waals surface area contributed by atoms with Gasteiger partial charge in [0.1, 0.15) is 6.61 Å². The summed E-state index contributed by atoms with van der Waals surface area (Å²) in [5, 5.41) is 4.27. The topological polar surface area (TPSA) is 47.6 Å².